The van der Waals surface area contributed by atoms with Crippen LogP contribution >= 0.6 is 0 Å². The summed E-state index contributed by atoms with van der Waals surface area (Å²) in [6, 6.07) is 0. The molecule has 0 saturated carbocycles. The van der Waals surface area contributed by atoms with Gasteiger partial charge in [-0.05, 0) is 31.4 Å². The number of hydrogen-bond acceptors (Lipinski definition) is 6. The maximum atomic E-state index is 12.3. The van der Waals surface area contributed by atoms with Crippen molar-refractivity contribution < 1.29 is 14.6 Å². The molecule has 0 atom stereocenters. The van der Waals surface area contributed by atoms with Gasteiger partial charge >= 0.3 is 0 Å². The molecule has 1 N–H and O–H groups in total. The summed E-state index contributed by atoms with van der Waals surface area (Å²) in [6.07, 6.45) is 9.29. The van der Waals surface area contributed by atoms with Crippen molar-refractivity contribution in [2.24, 2.45) is 0 Å². The third-order valence-electron chi connectivity index (χ3n) is 3.99. The Kier molecular flexibility index (Phi) is 3.00. The molecule has 2 aliphatic rings. The van der Waals surface area contributed by atoms with Crippen molar-refractivity contribution in [2.75, 3.05) is 7.11 Å². The van der Waals surface area contributed by atoms with Crippen LogP contribution in [0.5, 0.6) is 5.88 Å². The van der Waals surface area contributed by atoms with Gasteiger partial charge in [0.1, 0.15) is 5.69 Å². The van der Waals surface area contributed by atoms with Crippen LogP contribution in [-0.4, -0.2) is 37.6 Å². The van der Waals surface area contributed by atoms with Crippen LogP contribution in [0.15, 0.2) is 29.6 Å². The first-order valence-corrected chi connectivity index (χ1v) is 7.33. The second-order valence-electron chi connectivity index (χ2n) is 5.41. The molecule has 2 heterocycles. The summed E-state index contributed by atoms with van der Waals surface area (Å²) < 4.78 is 6.52. The fourth-order valence-corrected chi connectivity index (χ4v) is 2.83. The molecular formula is C16H14N4O3. The Morgan fingerprint density at radius 3 is 2.96 bits per heavy atom. The van der Waals surface area contributed by atoms with Gasteiger partial charge in [-0.2, -0.15) is 14.6 Å². The summed E-state index contributed by atoms with van der Waals surface area (Å²) in [6.45, 7) is 0. The van der Waals surface area contributed by atoms with E-state index in [0.29, 0.717) is 17.0 Å². The van der Waals surface area contributed by atoms with Gasteiger partial charge in [-0.3, -0.25) is 4.79 Å². The van der Waals surface area contributed by atoms with E-state index in [1.54, 1.807) is 24.3 Å². The SMILES string of the molecule is COC1=CC=C/C(=C\c2c(O)nc3nc4c(nn23)CCC4)C1=O. The molecule has 0 saturated heterocycles. The van der Waals surface area contributed by atoms with Gasteiger partial charge < -0.3 is 9.84 Å². The van der Waals surface area contributed by atoms with Crippen LogP contribution in [-0.2, 0) is 22.4 Å². The van der Waals surface area contributed by atoms with Crippen molar-refractivity contribution >= 4 is 17.6 Å². The van der Waals surface area contributed by atoms with Crippen molar-refractivity contribution in [3.8, 4) is 5.88 Å². The highest BCUT2D eigenvalue weighted by molar-refractivity contribution is 6.12. The molecule has 4 rings (SSSR count). The predicted molar refractivity (Wildman–Crippen MR) is 81.7 cm³/mol. The zero-order chi connectivity index (χ0) is 16.0. The zero-order valence-corrected chi connectivity index (χ0v) is 12.5. The van der Waals surface area contributed by atoms with Gasteiger partial charge in [-0.25, -0.2) is 4.98 Å². The molecule has 2 aromatic heterocycles. The number of aryl methyl sites for hydroxylation is 2. The number of carbonyl (C=O) groups excluding carboxylic acids is 1. The van der Waals surface area contributed by atoms with Gasteiger partial charge in [0.05, 0.1) is 18.5 Å². The maximum absolute atomic E-state index is 12.3. The molecule has 0 spiro atoms. The minimum absolute atomic E-state index is 0.198. The molecule has 0 radical (unpaired) electrons. The van der Waals surface area contributed by atoms with Crippen molar-refractivity contribution in [3.63, 3.8) is 0 Å². The predicted octanol–water partition coefficient (Wildman–Crippen LogP) is 1.37. The van der Waals surface area contributed by atoms with Gasteiger partial charge in [0.25, 0.3) is 5.78 Å². The zero-order valence-electron chi connectivity index (χ0n) is 12.5. The molecular weight excluding hydrogens is 296 g/mol. The van der Waals surface area contributed by atoms with Crippen LogP contribution in [0.1, 0.15) is 23.5 Å². The molecule has 116 valence electrons. The summed E-state index contributed by atoms with van der Waals surface area (Å²) in [5.74, 6) is 0.137. The van der Waals surface area contributed by atoms with E-state index in [4.69, 9.17) is 4.74 Å². The molecule has 0 aromatic carbocycles. The van der Waals surface area contributed by atoms with Gasteiger partial charge in [0.2, 0.25) is 11.7 Å². The fraction of sp³-hybridized carbons (Fsp3) is 0.250. The van der Waals surface area contributed by atoms with Crippen LogP contribution in [0, 0.1) is 0 Å². The van der Waals surface area contributed by atoms with E-state index in [-0.39, 0.29) is 17.4 Å². The minimum atomic E-state index is -0.251. The average Bonchev–Trinajstić information content (AvgIpc) is 3.11. The minimum Gasteiger partial charge on any atom is -0.493 e. The Morgan fingerprint density at radius 2 is 2.13 bits per heavy atom. The summed E-state index contributed by atoms with van der Waals surface area (Å²) in [4.78, 5) is 20.7. The van der Waals surface area contributed by atoms with E-state index < -0.39 is 0 Å². The number of Topliss-reactive ketones (excluding diaryl/α,β-unsaturated/α-hetero) is 1. The lowest BCUT2D eigenvalue weighted by atomic mass is 10.0. The first-order chi connectivity index (χ1) is 11.2. The van der Waals surface area contributed by atoms with Gasteiger partial charge in [0.15, 0.2) is 5.76 Å². The standard InChI is InChI=1S/C16H14N4O3/c1-23-13-7-2-4-9(14(13)21)8-12-15(22)18-16-17-10-5-3-6-11(10)19-20(12)16/h2,4,7-8,22H,3,5-6H2,1H3/b9-8+. The Morgan fingerprint density at radius 1 is 1.30 bits per heavy atom. The summed E-state index contributed by atoms with van der Waals surface area (Å²) in [5.41, 5.74) is 2.58. The number of nitrogens with zero attached hydrogens (tertiary/aromatic N) is 4. The van der Waals surface area contributed by atoms with Crippen molar-refractivity contribution in [1.82, 2.24) is 19.6 Å². The first kappa shape index (κ1) is 13.7. The number of fused-ring (bicyclic) bond motifs is 2. The number of methoxy groups -OCH3 is 1. The lowest BCUT2D eigenvalue weighted by molar-refractivity contribution is -0.114. The Balaban J connectivity index is 1.85. The summed E-state index contributed by atoms with van der Waals surface area (Å²) >= 11 is 0. The van der Waals surface area contributed by atoms with Crippen molar-refractivity contribution in [1.29, 1.82) is 0 Å². The number of aromatic nitrogens is 4. The average molecular weight is 310 g/mol. The highest BCUT2D eigenvalue weighted by atomic mass is 16.5. The second kappa shape index (κ2) is 5.05. The highest BCUT2D eigenvalue weighted by Gasteiger charge is 2.22. The lowest BCUT2D eigenvalue weighted by Crippen LogP contribution is -2.09. The molecule has 0 unspecified atom stereocenters. The molecule has 23 heavy (non-hydrogen) atoms. The van der Waals surface area contributed by atoms with Crippen LogP contribution < -0.4 is 0 Å². The van der Waals surface area contributed by atoms with Crippen LogP contribution in [0.25, 0.3) is 11.9 Å². The van der Waals surface area contributed by atoms with Crippen LogP contribution in [0.3, 0.4) is 0 Å². The van der Waals surface area contributed by atoms with Crippen LogP contribution in [0.4, 0.5) is 0 Å². The molecule has 0 fully saturated rings. The Bertz CT molecular complexity index is 921. The van der Waals surface area contributed by atoms with Gasteiger partial charge in [-0.1, -0.05) is 12.2 Å². The van der Waals surface area contributed by atoms with Gasteiger partial charge in [0, 0.05) is 5.57 Å². The normalized spacial score (nSPS) is 18.6. The van der Waals surface area contributed by atoms with E-state index in [1.807, 2.05) is 0 Å². The largest absolute Gasteiger partial charge is 0.493 e. The lowest BCUT2D eigenvalue weighted by Gasteiger charge is -2.09. The van der Waals surface area contributed by atoms with E-state index >= 15 is 0 Å². The molecule has 0 amide bonds. The molecule has 2 aliphatic carbocycles. The molecule has 0 aliphatic heterocycles. The number of allylic oxidation sites excluding steroid dienone is 4. The maximum Gasteiger partial charge on any atom is 0.254 e. The second-order valence-corrected chi connectivity index (χ2v) is 5.41. The number of carbonyl (C=O) groups is 1. The molecule has 2 aromatic rings. The Labute approximate surface area is 131 Å². The fourth-order valence-electron chi connectivity index (χ4n) is 2.83. The highest BCUT2D eigenvalue weighted by Crippen LogP contribution is 2.25. The number of hydrogen-bond donors (Lipinski definition) is 1. The summed E-state index contributed by atoms with van der Waals surface area (Å²) in [5, 5.41) is 14.6. The third kappa shape index (κ3) is 2.12. The van der Waals surface area contributed by atoms with Crippen molar-refractivity contribution in [2.45, 2.75) is 19.3 Å². The molecule has 0 bridgehead atoms. The third-order valence-corrected chi connectivity index (χ3v) is 3.99. The number of ether oxygens (including phenoxy) is 1. The van der Waals surface area contributed by atoms with E-state index in [1.165, 1.54) is 11.6 Å². The topological polar surface area (TPSA) is 89.6 Å². The van der Waals surface area contributed by atoms with Crippen molar-refractivity contribution in [3.05, 3.63) is 46.6 Å². The Hall–Kier alpha value is -2.96. The first-order valence-electron chi connectivity index (χ1n) is 7.33. The number of ketones is 1. The molecule has 7 nitrogen and oxygen atoms in total. The summed E-state index contributed by atoms with van der Waals surface area (Å²) in [7, 11) is 1.45. The van der Waals surface area contributed by atoms with Gasteiger partial charge in [-0.15, -0.1) is 0 Å². The van der Waals surface area contributed by atoms with E-state index in [2.05, 4.69) is 15.1 Å². The number of imidazole rings is 1. The van der Waals surface area contributed by atoms with E-state index in [0.717, 1.165) is 30.7 Å². The smallest absolute Gasteiger partial charge is 0.254 e. The quantitative estimate of drug-likeness (QED) is 0.843. The number of aromatic hydroxyl groups is 1. The number of rotatable bonds is 2. The van der Waals surface area contributed by atoms with Crippen LogP contribution in [0.2, 0.25) is 0 Å². The monoisotopic (exact) mass is 310 g/mol. The van der Waals surface area contributed by atoms with E-state index in [9.17, 15) is 9.90 Å². The molecule has 7 heteroatoms.